The van der Waals surface area contributed by atoms with Crippen LogP contribution in [0.5, 0.6) is 0 Å². The van der Waals surface area contributed by atoms with Crippen molar-refractivity contribution >= 4 is 15.9 Å². The number of hydrogen-bond donors (Lipinski definition) is 1. The predicted octanol–water partition coefficient (Wildman–Crippen LogP) is 4.95. The molecule has 0 saturated heterocycles. The lowest BCUT2D eigenvalue weighted by atomic mass is 9.96. The highest BCUT2D eigenvalue weighted by Crippen LogP contribution is 2.25. The molecule has 3 heteroatoms. The second-order valence-corrected chi connectivity index (χ2v) is 6.20. The number of benzene rings is 2. The van der Waals surface area contributed by atoms with Gasteiger partial charge >= 0.3 is 0 Å². The third kappa shape index (κ3) is 3.47. The minimum Gasteiger partial charge on any atom is -0.324 e. The molecule has 0 saturated carbocycles. The Morgan fingerprint density at radius 2 is 1.75 bits per heavy atom. The third-order valence-electron chi connectivity index (χ3n) is 3.48. The van der Waals surface area contributed by atoms with E-state index in [1.54, 1.807) is 12.1 Å². The van der Waals surface area contributed by atoms with Crippen LogP contribution >= 0.6 is 15.9 Å². The van der Waals surface area contributed by atoms with Gasteiger partial charge in [-0.3, -0.25) is 0 Å². The van der Waals surface area contributed by atoms with Gasteiger partial charge in [0.05, 0.1) is 4.47 Å². The molecule has 0 fully saturated rings. The Balaban J connectivity index is 2.15. The van der Waals surface area contributed by atoms with Crippen LogP contribution in [-0.4, -0.2) is 0 Å². The maximum absolute atomic E-state index is 14.0. The Morgan fingerprint density at radius 3 is 2.35 bits per heavy atom. The van der Waals surface area contributed by atoms with Gasteiger partial charge < -0.3 is 5.73 Å². The summed E-state index contributed by atoms with van der Waals surface area (Å²) < 4.78 is 14.5. The molecule has 0 bridgehead atoms. The molecule has 0 spiro atoms. The number of nitrogens with two attached hydrogens (primary N) is 1. The van der Waals surface area contributed by atoms with Crippen molar-refractivity contribution in [3.8, 4) is 0 Å². The Bertz CT molecular complexity index is 578. The normalized spacial score (nSPS) is 12.7. The summed E-state index contributed by atoms with van der Waals surface area (Å²) >= 11 is 3.19. The van der Waals surface area contributed by atoms with Gasteiger partial charge in [-0.25, -0.2) is 4.39 Å². The van der Waals surface area contributed by atoms with Gasteiger partial charge in [-0.05, 0) is 45.5 Å². The molecule has 2 N–H and O–H groups in total. The SMILES string of the molecule is CC(C)c1ccc(CC(N)c2cccc(Br)c2F)cc1. The average molecular weight is 336 g/mol. The largest absolute Gasteiger partial charge is 0.324 e. The van der Waals surface area contributed by atoms with Crippen LogP contribution in [0.25, 0.3) is 0 Å². The van der Waals surface area contributed by atoms with E-state index in [1.807, 2.05) is 6.07 Å². The number of halogens is 2. The van der Waals surface area contributed by atoms with Crippen LogP contribution in [0.1, 0.15) is 42.5 Å². The second kappa shape index (κ2) is 6.51. The Hall–Kier alpha value is -1.19. The monoisotopic (exact) mass is 335 g/mol. The molecule has 1 unspecified atom stereocenters. The van der Waals surface area contributed by atoms with Crippen LogP contribution in [0.3, 0.4) is 0 Å². The topological polar surface area (TPSA) is 26.0 Å². The van der Waals surface area contributed by atoms with Crippen LogP contribution < -0.4 is 5.73 Å². The van der Waals surface area contributed by atoms with Crippen LogP contribution in [0.4, 0.5) is 4.39 Å². The zero-order chi connectivity index (χ0) is 14.7. The summed E-state index contributed by atoms with van der Waals surface area (Å²) in [5, 5.41) is 0. The maximum atomic E-state index is 14.0. The summed E-state index contributed by atoms with van der Waals surface area (Å²) in [6, 6.07) is 13.3. The molecule has 106 valence electrons. The van der Waals surface area contributed by atoms with Crippen LogP contribution in [0.2, 0.25) is 0 Å². The van der Waals surface area contributed by atoms with Gasteiger partial charge in [0.25, 0.3) is 0 Å². The number of hydrogen-bond acceptors (Lipinski definition) is 1. The van der Waals surface area contributed by atoms with Crippen molar-refractivity contribution in [2.24, 2.45) is 5.73 Å². The van der Waals surface area contributed by atoms with Crippen molar-refractivity contribution in [3.05, 3.63) is 69.4 Å². The predicted molar refractivity (Wildman–Crippen MR) is 85.3 cm³/mol. The minimum atomic E-state index is -0.336. The molecule has 2 rings (SSSR count). The van der Waals surface area contributed by atoms with Gasteiger partial charge in [-0.15, -0.1) is 0 Å². The van der Waals surface area contributed by atoms with Crippen LogP contribution in [0, 0.1) is 5.82 Å². The molecule has 0 aliphatic carbocycles. The van der Waals surface area contributed by atoms with Crippen molar-refractivity contribution < 1.29 is 4.39 Å². The summed E-state index contributed by atoms with van der Waals surface area (Å²) in [5.41, 5.74) is 9.11. The van der Waals surface area contributed by atoms with E-state index in [0.717, 1.165) is 5.56 Å². The fourth-order valence-corrected chi connectivity index (χ4v) is 2.59. The fourth-order valence-electron chi connectivity index (χ4n) is 2.21. The van der Waals surface area contributed by atoms with Gasteiger partial charge in [0.15, 0.2) is 0 Å². The maximum Gasteiger partial charge on any atom is 0.142 e. The highest BCUT2D eigenvalue weighted by molar-refractivity contribution is 9.10. The smallest absolute Gasteiger partial charge is 0.142 e. The van der Waals surface area contributed by atoms with Crippen molar-refractivity contribution in [2.45, 2.75) is 32.2 Å². The van der Waals surface area contributed by atoms with E-state index in [2.05, 4.69) is 54.0 Å². The fraction of sp³-hybridized carbons (Fsp3) is 0.294. The number of rotatable bonds is 4. The molecule has 0 aromatic heterocycles. The van der Waals surface area contributed by atoms with Crippen molar-refractivity contribution in [3.63, 3.8) is 0 Å². The second-order valence-electron chi connectivity index (χ2n) is 5.35. The minimum absolute atomic E-state index is 0.265. The van der Waals surface area contributed by atoms with Gasteiger partial charge in [0, 0.05) is 11.6 Å². The summed E-state index contributed by atoms with van der Waals surface area (Å²) in [6.45, 7) is 4.33. The van der Waals surface area contributed by atoms with Crippen LogP contribution in [0.15, 0.2) is 46.9 Å². The molecule has 0 radical (unpaired) electrons. The zero-order valence-corrected chi connectivity index (χ0v) is 13.3. The van der Waals surface area contributed by atoms with Gasteiger partial charge in [-0.2, -0.15) is 0 Å². The molecule has 0 amide bonds. The molecular formula is C17H19BrFN. The Labute approximate surface area is 128 Å². The van der Waals surface area contributed by atoms with E-state index in [9.17, 15) is 4.39 Å². The molecular weight excluding hydrogens is 317 g/mol. The van der Waals surface area contributed by atoms with Crippen molar-refractivity contribution in [2.75, 3.05) is 0 Å². The first-order chi connectivity index (χ1) is 9.49. The quantitative estimate of drug-likeness (QED) is 0.840. The molecule has 2 aromatic rings. The molecule has 0 aliphatic heterocycles. The lowest BCUT2D eigenvalue weighted by Crippen LogP contribution is -2.15. The molecule has 0 aliphatic rings. The Morgan fingerprint density at radius 1 is 1.10 bits per heavy atom. The van der Waals surface area contributed by atoms with Crippen molar-refractivity contribution in [1.29, 1.82) is 0 Å². The molecule has 20 heavy (non-hydrogen) atoms. The standard InChI is InChI=1S/C17H19BrFN/c1-11(2)13-8-6-12(7-9-13)10-16(20)14-4-3-5-15(18)17(14)19/h3-9,11,16H,10,20H2,1-2H3. The molecule has 2 aromatic carbocycles. The lowest BCUT2D eigenvalue weighted by molar-refractivity contribution is 0.575. The van der Waals surface area contributed by atoms with E-state index < -0.39 is 0 Å². The lowest BCUT2D eigenvalue weighted by Gasteiger charge is -2.14. The highest BCUT2D eigenvalue weighted by atomic mass is 79.9. The van der Waals surface area contributed by atoms with Crippen molar-refractivity contribution in [1.82, 2.24) is 0 Å². The first kappa shape index (κ1) is 15.2. The average Bonchev–Trinajstić information content (AvgIpc) is 2.42. The first-order valence-corrected chi connectivity index (χ1v) is 7.56. The summed E-state index contributed by atoms with van der Waals surface area (Å²) in [6.07, 6.45) is 0.631. The van der Waals surface area contributed by atoms with E-state index in [-0.39, 0.29) is 11.9 Å². The summed E-state index contributed by atoms with van der Waals surface area (Å²) in [7, 11) is 0. The van der Waals surface area contributed by atoms with Gasteiger partial charge in [-0.1, -0.05) is 50.2 Å². The highest BCUT2D eigenvalue weighted by Gasteiger charge is 2.14. The summed E-state index contributed by atoms with van der Waals surface area (Å²) in [4.78, 5) is 0. The molecule has 0 heterocycles. The third-order valence-corrected chi connectivity index (χ3v) is 4.10. The molecule has 1 atom stereocenters. The zero-order valence-electron chi connectivity index (χ0n) is 11.7. The van der Waals surface area contributed by atoms with E-state index >= 15 is 0 Å². The summed E-state index contributed by atoms with van der Waals surface area (Å²) in [5.74, 6) is 0.249. The van der Waals surface area contributed by atoms with Crippen LogP contribution in [-0.2, 0) is 6.42 Å². The first-order valence-electron chi connectivity index (χ1n) is 6.77. The Kier molecular flexibility index (Phi) is 4.95. The van der Waals surface area contributed by atoms with Gasteiger partial charge in [0.1, 0.15) is 5.82 Å². The van der Waals surface area contributed by atoms with Gasteiger partial charge in [0.2, 0.25) is 0 Å². The van der Waals surface area contributed by atoms with E-state index in [0.29, 0.717) is 22.4 Å². The molecule has 1 nitrogen and oxygen atoms in total. The van der Waals surface area contributed by atoms with E-state index in [1.165, 1.54) is 5.56 Å². The van der Waals surface area contributed by atoms with E-state index in [4.69, 9.17) is 5.73 Å².